The van der Waals surface area contributed by atoms with Crippen LogP contribution < -0.4 is 0 Å². The molecule has 0 aliphatic heterocycles. The Balaban J connectivity index is 0.00000118. The van der Waals surface area contributed by atoms with E-state index in [-0.39, 0.29) is 23.0 Å². The Morgan fingerprint density at radius 2 is 0.844 bits per heavy atom. The molecule has 2 aliphatic rings. The Morgan fingerprint density at radius 1 is 0.594 bits per heavy atom. The van der Waals surface area contributed by atoms with Crippen LogP contribution in [0.15, 0.2) is 0 Å². The van der Waals surface area contributed by atoms with Crippen LogP contribution in [0.4, 0.5) is 14.4 Å². The zero-order chi connectivity index (χ0) is 24.5. The Hall–Kier alpha value is -2.19. The second kappa shape index (κ2) is 12.2. The van der Waals surface area contributed by atoms with Crippen LogP contribution in [-0.4, -0.2) is 40.9 Å². The summed E-state index contributed by atoms with van der Waals surface area (Å²) in [4.78, 5) is 41.0. The number of rotatable bonds is 2. The monoisotopic (exact) mass is 460 g/mol. The van der Waals surface area contributed by atoms with Crippen molar-refractivity contribution in [3.05, 3.63) is 0 Å². The molecule has 9 nitrogen and oxygen atoms in total. The van der Waals surface area contributed by atoms with Crippen molar-refractivity contribution in [2.45, 2.75) is 105 Å². The molecule has 0 unspecified atom stereocenters. The van der Waals surface area contributed by atoms with Crippen molar-refractivity contribution in [1.29, 1.82) is 0 Å². The van der Waals surface area contributed by atoms with Gasteiger partial charge in [-0.2, -0.15) is 19.4 Å². The fraction of sp³-hybridized carbons (Fsp3) is 0.870. The van der Waals surface area contributed by atoms with Gasteiger partial charge in [0, 0.05) is 0 Å². The minimum absolute atomic E-state index is 0.182. The third kappa shape index (κ3) is 10.9. The molecule has 0 aromatic carbocycles. The molecule has 0 heterocycles. The Kier molecular flexibility index (Phi) is 10.6. The average molecular weight is 461 g/mol. The molecule has 0 spiro atoms. The number of carboxylic acid groups (broad SMARTS) is 2. The molecule has 0 aromatic rings. The molecule has 0 saturated heterocycles. The minimum atomic E-state index is -1.83. The van der Waals surface area contributed by atoms with Crippen molar-refractivity contribution in [3.8, 4) is 0 Å². The first-order valence-corrected chi connectivity index (χ1v) is 11.4. The van der Waals surface area contributed by atoms with Crippen molar-refractivity contribution in [2.75, 3.05) is 0 Å². The molecular weight excluding hydrogens is 420 g/mol. The van der Waals surface area contributed by atoms with E-state index in [0.29, 0.717) is 11.8 Å². The molecule has 9 heteroatoms. The number of carbonyl (C=O) groups is 3. The molecule has 32 heavy (non-hydrogen) atoms. The van der Waals surface area contributed by atoms with Gasteiger partial charge in [-0.1, -0.05) is 41.5 Å². The summed E-state index contributed by atoms with van der Waals surface area (Å²) in [6, 6.07) is 0. The highest BCUT2D eigenvalue weighted by molar-refractivity contribution is 5.63. The predicted molar refractivity (Wildman–Crippen MR) is 116 cm³/mol. The lowest BCUT2D eigenvalue weighted by Gasteiger charge is -2.36. The van der Waals surface area contributed by atoms with Gasteiger partial charge in [-0.15, -0.1) is 0 Å². The van der Waals surface area contributed by atoms with E-state index in [9.17, 15) is 9.59 Å². The quantitative estimate of drug-likeness (QED) is 0.264. The Morgan fingerprint density at radius 3 is 1.06 bits per heavy atom. The number of carbonyl (C=O) groups excluding carboxylic acids is 2. The minimum Gasteiger partial charge on any atom is -0.450 e. The highest BCUT2D eigenvalue weighted by Gasteiger charge is 2.33. The van der Waals surface area contributed by atoms with Crippen LogP contribution in [0.2, 0.25) is 0 Å². The smallest absolute Gasteiger partial charge is 0.450 e. The molecular formula is C23H40O9. The number of hydrogen-bond donors (Lipinski definition) is 2. The maximum absolute atomic E-state index is 11.8. The average Bonchev–Trinajstić information content (AvgIpc) is 2.65. The summed E-state index contributed by atoms with van der Waals surface area (Å²) in [6.07, 6.45) is 3.12. The molecule has 0 radical (unpaired) electrons. The van der Waals surface area contributed by atoms with Crippen molar-refractivity contribution >= 4 is 18.5 Å². The molecule has 2 rings (SSSR count). The Labute approximate surface area is 190 Å². The van der Waals surface area contributed by atoms with Crippen LogP contribution in [0.3, 0.4) is 0 Å². The van der Waals surface area contributed by atoms with Gasteiger partial charge in [0.15, 0.2) is 0 Å². The van der Waals surface area contributed by atoms with Crippen molar-refractivity contribution in [3.63, 3.8) is 0 Å². The molecule has 0 atom stereocenters. The summed E-state index contributed by atoms with van der Waals surface area (Å²) < 4.78 is 10.5. The van der Waals surface area contributed by atoms with Gasteiger partial charge in [-0.05, 0) is 74.0 Å². The van der Waals surface area contributed by atoms with E-state index in [0.717, 1.165) is 51.4 Å². The summed E-state index contributed by atoms with van der Waals surface area (Å²) in [5, 5.41) is 13.9. The van der Waals surface area contributed by atoms with E-state index in [1.807, 2.05) is 0 Å². The molecule has 2 saturated carbocycles. The van der Waals surface area contributed by atoms with Gasteiger partial charge in [0.25, 0.3) is 0 Å². The van der Waals surface area contributed by atoms with Crippen LogP contribution in [0.5, 0.6) is 0 Å². The van der Waals surface area contributed by atoms with Crippen LogP contribution in [-0.2, 0) is 19.2 Å². The zero-order valence-corrected chi connectivity index (χ0v) is 20.2. The van der Waals surface area contributed by atoms with E-state index < -0.39 is 18.5 Å². The first-order valence-electron chi connectivity index (χ1n) is 11.4. The lowest BCUT2D eigenvalue weighted by molar-refractivity contribution is -0.227. The van der Waals surface area contributed by atoms with E-state index in [2.05, 4.69) is 51.3 Å². The van der Waals surface area contributed by atoms with Gasteiger partial charge < -0.3 is 19.7 Å². The Bertz CT molecular complexity index is 550. The first-order chi connectivity index (χ1) is 14.7. The third-order valence-corrected chi connectivity index (χ3v) is 6.50. The molecule has 2 fully saturated rings. The standard InChI is InChI=1S/C22H38O6.CH2O3/c1-21(2,3)15-7-11-17(12-8-15)25-19(23)27-28-20(24)26-18-13-9-16(10-14-18)22(4,5)6;2-1(3)4/h15-18H,7-14H2,1-6H3;(H2,2,3,4). The van der Waals surface area contributed by atoms with Crippen LogP contribution >= 0.6 is 0 Å². The highest BCUT2D eigenvalue weighted by atomic mass is 17.3. The molecule has 2 N–H and O–H groups in total. The SMILES string of the molecule is CC(C)(C)C1CCC(OC(=O)OOC(=O)OC2CCC(C(C)(C)C)CC2)CC1.O=C(O)O. The maximum Gasteiger partial charge on any atom is 0.550 e. The lowest BCUT2D eigenvalue weighted by atomic mass is 9.72. The van der Waals surface area contributed by atoms with Gasteiger partial charge in [0.1, 0.15) is 12.2 Å². The van der Waals surface area contributed by atoms with E-state index in [1.54, 1.807) is 0 Å². The van der Waals surface area contributed by atoms with Gasteiger partial charge in [0.2, 0.25) is 0 Å². The second-order valence-corrected chi connectivity index (χ2v) is 10.9. The number of hydrogen-bond acceptors (Lipinski definition) is 7. The fourth-order valence-electron chi connectivity index (χ4n) is 4.47. The molecule has 0 aromatic heterocycles. The number of ether oxygens (including phenoxy) is 2. The van der Waals surface area contributed by atoms with Gasteiger partial charge in [-0.25, -0.2) is 4.79 Å². The normalized spacial score (nSPS) is 26.1. The van der Waals surface area contributed by atoms with Crippen LogP contribution in [0.25, 0.3) is 0 Å². The van der Waals surface area contributed by atoms with Crippen molar-refractivity contribution < 1.29 is 43.8 Å². The molecule has 186 valence electrons. The van der Waals surface area contributed by atoms with Crippen LogP contribution in [0.1, 0.15) is 92.9 Å². The predicted octanol–water partition coefficient (Wildman–Crippen LogP) is 6.64. The van der Waals surface area contributed by atoms with Gasteiger partial charge >= 0.3 is 18.5 Å². The zero-order valence-electron chi connectivity index (χ0n) is 20.2. The summed E-state index contributed by atoms with van der Waals surface area (Å²) in [7, 11) is 0. The largest absolute Gasteiger partial charge is 0.550 e. The first kappa shape index (κ1) is 27.8. The van der Waals surface area contributed by atoms with E-state index >= 15 is 0 Å². The summed E-state index contributed by atoms with van der Waals surface area (Å²) in [5.41, 5.74) is 0.536. The molecule has 0 amide bonds. The van der Waals surface area contributed by atoms with Gasteiger partial charge in [0.05, 0.1) is 0 Å². The topological polar surface area (TPSA) is 129 Å². The van der Waals surface area contributed by atoms with Crippen molar-refractivity contribution in [1.82, 2.24) is 0 Å². The van der Waals surface area contributed by atoms with E-state index in [4.69, 9.17) is 24.5 Å². The molecule has 0 bridgehead atoms. The second-order valence-electron chi connectivity index (χ2n) is 10.9. The third-order valence-electron chi connectivity index (χ3n) is 6.50. The highest BCUT2D eigenvalue weighted by Crippen LogP contribution is 2.39. The van der Waals surface area contributed by atoms with Crippen LogP contribution in [0, 0.1) is 22.7 Å². The summed E-state index contributed by atoms with van der Waals surface area (Å²) >= 11 is 0. The lowest BCUT2D eigenvalue weighted by Crippen LogP contribution is -2.31. The van der Waals surface area contributed by atoms with Gasteiger partial charge in [-0.3, -0.25) is 0 Å². The fourth-order valence-corrected chi connectivity index (χ4v) is 4.47. The summed E-state index contributed by atoms with van der Waals surface area (Å²) in [6.45, 7) is 13.4. The van der Waals surface area contributed by atoms with E-state index in [1.165, 1.54) is 0 Å². The molecule has 2 aliphatic carbocycles. The van der Waals surface area contributed by atoms with Crippen molar-refractivity contribution in [2.24, 2.45) is 22.7 Å². The summed E-state index contributed by atoms with van der Waals surface area (Å²) in [5.74, 6) is 1.26. The maximum atomic E-state index is 11.8.